The highest BCUT2D eigenvalue weighted by atomic mass is 16.2. The number of benzene rings is 1. The van der Waals surface area contributed by atoms with Crippen LogP contribution in [0.5, 0.6) is 0 Å². The highest BCUT2D eigenvalue weighted by Gasteiger charge is 2.26. The topological polar surface area (TPSA) is 82.2 Å². The summed E-state index contributed by atoms with van der Waals surface area (Å²) in [4.78, 5) is 32.4. The normalized spacial score (nSPS) is 16.8. The van der Waals surface area contributed by atoms with E-state index in [-0.39, 0.29) is 11.8 Å². The highest BCUT2D eigenvalue weighted by Crippen LogP contribution is 2.33. The lowest BCUT2D eigenvalue weighted by Crippen LogP contribution is -2.38. The first-order chi connectivity index (χ1) is 15.6. The lowest BCUT2D eigenvalue weighted by atomic mass is 9.88. The maximum absolute atomic E-state index is 12.7. The minimum Gasteiger partial charge on any atom is -0.339 e. The van der Waals surface area contributed by atoms with Crippen LogP contribution in [0.2, 0.25) is 0 Å². The molecule has 2 aliphatic rings. The Labute approximate surface area is 187 Å². The standard InChI is InChI=1S/C25H27N5O2/c1-29-22-6-4-19(14-18(22)5-7-23(29)31)24-21(16-27-28-24)13-17-8-11-30(12-9-17)25(32)20-3-2-10-26-15-20/h2-4,6,10,14-17H,5,7-9,11-13H2,1H3,(H,27,28). The largest absolute Gasteiger partial charge is 0.339 e. The van der Waals surface area contributed by atoms with Gasteiger partial charge in [0, 0.05) is 50.2 Å². The molecule has 1 aromatic carbocycles. The van der Waals surface area contributed by atoms with E-state index in [1.165, 1.54) is 11.1 Å². The van der Waals surface area contributed by atoms with E-state index < -0.39 is 0 Å². The van der Waals surface area contributed by atoms with Crippen LogP contribution < -0.4 is 4.90 Å². The van der Waals surface area contributed by atoms with E-state index in [4.69, 9.17) is 0 Å². The van der Waals surface area contributed by atoms with Crippen LogP contribution in [0, 0.1) is 5.92 Å². The Balaban J connectivity index is 1.26. The number of hydrogen-bond donors (Lipinski definition) is 1. The van der Waals surface area contributed by atoms with Crippen LogP contribution in [-0.2, 0) is 17.6 Å². The number of nitrogens with one attached hydrogen (secondary N) is 1. The molecule has 2 aromatic heterocycles. The summed E-state index contributed by atoms with van der Waals surface area (Å²) in [5.74, 6) is 0.754. The van der Waals surface area contributed by atoms with E-state index in [0.717, 1.165) is 55.7 Å². The second-order valence-electron chi connectivity index (χ2n) is 8.75. The predicted octanol–water partition coefficient (Wildman–Crippen LogP) is 3.48. The SMILES string of the molecule is CN1C(=O)CCc2cc(-c3[nH]ncc3CC3CCN(C(=O)c4cccnc4)CC3)ccc21. The van der Waals surface area contributed by atoms with Gasteiger partial charge in [-0.15, -0.1) is 0 Å². The number of fused-ring (bicyclic) bond motifs is 1. The number of aryl methyl sites for hydroxylation is 1. The minimum atomic E-state index is 0.0676. The molecule has 1 saturated heterocycles. The van der Waals surface area contributed by atoms with Crippen molar-refractivity contribution >= 4 is 17.5 Å². The van der Waals surface area contributed by atoms with E-state index in [9.17, 15) is 9.59 Å². The zero-order valence-corrected chi connectivity index (χ0v) is 18.3. The molecular formula is C25H27N5O2. The van der Waals surface area contributed by atoms with Crippen molar-refractivity contribution in [1.82, 2.24) is 20.1 Å². The first-order valence-corrected chi connectivity index (χ1v) is 11.2. The van der Waals surface area contributed by atoms with Gasteiger partial charge in [0.15, 0.2) is 0 Å². The number of likely N-dealkylation sites (tertiary alicyclic amines) is 1. The van der Waals surface area contributed by atoms with E-state index in [1.807, 2.05) is 30.3 Å². The number of pyridine rings is 1. The van der Waals surface area contributed by atoms with Gasteiger partial charge in [0.2, 0.25) is 5.91 Å². The molecule has 164 valence electrons. The highest BCUT2D eigenvalue weighted by molar-refractivity contribution is 5.96. The quantitative estimate of drug-likeness (QED) is 0.688. The summed E-state index contributed by atoms with van der Waals surface area (Å²) >= 11 is 0. The van der Waals surface area contributed by atoms with Gasteiger partial charge in [-0.2, -0.15) is 5.10 Å². The number of aromatic nitrogens is 3. The Morgan fingerprint density at radius 1 is 1.16 bits per heavy atom. The number of carbonyl (C=O) groups excluding carboxylic acids is 2. The molecule has 2 amide bonds. The second-order valence-corrected chi connectivity index (χ2v) is 8.75. The number of carbonyl (C=O) groups is 2. The van der Waals surface area contributed by atoms with E-state index in [1.54, 1.807) is 23.4 Å². The molecule has 0 bridgehead atoms. The summed E-state index contributed by atoms with van der Waals surface area (Å²) in [6.07, 6.45) is 9.48. The van der Waals surface area contributed by atoms with Crippen LogP contribution >= 0.6 is 0 Å². The summed E-state index contributed by atoms with van der Waals surface area (Å²) in [5, 5.41) is 7.51. The fraction of sp³-hybridized carbons (Fsp3) is 0.360. The molecule has 0 aliphatic carbocycles. The maximum Gasteiger partial charge on any atom is 0.255 e. The van der Waals surface area contributed by atoms with Crippen molar-refractivity contribution in [2.45, 2.75) is 32.1 Å². The molecule has 0 unspecified atom stereocenters. The predicted molar refractivity (Wildman–Crippen MR) is 122 cm³/mol. The first kappa shape index (κ1) is 20.4. The number of amides is 2. The molecule has 0 spiro atoms. The summed E-state index contributed by atoms with van der Waals surface area (Å²) in [6, 6.07) is 9.92. The van der Waals surface area contributed by atoms with Gasteiger partial charge in [-0.1, -0.05) is 6.07 Å². The van der Waals surface area contributed by atoms with Gasteiger partial charge in [-0.05, 0) is 67.0 Å². The van der Waals surface area contributed by atoms with Crippen molar-refractivity contribution in [2.24, 2.45) is 5.92 Å². The average molecular weight is 430 g/mol. The third-order valence-corrected chi connectivity index (χ3v) is 6.75. The zero-order valence-electron chi connectivity index (χ0n) is 18.3. The molecule has 2 aliphatic heterocycles. The monoisotopic (exact) mass is 429 g/mol. The van der Waals surface area contributed by atoms with Gasteiger partial charge in [0.05, 0.1) is 17.5 Å². The maximum atomic E-state index is 12.7. The third-order valence-electron chi connectivity index (χ3n) is 6.75. The van der Waals surface area contributed by atoms with Crippen molar-refractivity contribution in [2.75, 3.05) is 25.0 Å². The van der Waals surface area contributed by atoms with Crippen LogP contribution in [-0.4, -0.2) is 52.0 Å². The lowest BCUT2D eigenvalue weighted by molar-refractivity contribution is -0.118. The number of anilines is 1. The Morgan fingerprint density at radius 3 is 2.78 bits per heavy atom. The molecule has 7 nitrogen and oxygen atoms in total. The summed E-state index contributed by atoms with van der Waals surface area (Å²) in [5.41, 5.74) is 6.23. The van der Waals surface area contributed by atoms with Crippen LogP contribution in [0.15, 0.2) is 48.9 Å². The molecule has 0 radical (unpaired) electrons. The third kappa shape index (κ3) is 3.90. The van der Waals surface area contributed by atoms with Crippen LogP contribution in [0.25, 0.3) is 11.3 Å². The molecule has 1 fully saturated rings. The summed E-state index contributed by atoms with van der Waals surface area (Å²) < 4.78 is 0. The first-order valence-electron chi connectivity index (χ1n) is 11.2. The number of nitrogens with zero attached hydrogens (tertiary/aromatic N) is 4. The Bertz CT molecular complexity index is 1130. The number of aromatic amines is 1. The lowest BCUT2D eigenvalue weighted by Gasteiger charge is -2.32. The van der Waals surface area contributed by atoms with E-state index >= 15 is 0 Å². The van der Waals surface area contributed by atoms with Crippen molar-refractivity contribution in [1.29, 1.82) is 0 Å². The molecule has 4 heterocycles. The Morgan fingerprint density at radius 2 is 2.00 bits per heavy atom. The van der Waals surface area contributed by atoms with Gasteiger partial charge in [0.1, 0.15) is 0 Å². The van der Waals surface area contributed by atoms with Crippen molar-refractivity contribution in [3.8, 4) is 11.3 Å². The van der Waals surface area contributed by atoms with Crippen molar-refractivity contribution in [3.63, 3.8) is 0 Å². The van der Waals surface area contributed by atoms with Crippen LogP contribution in [0.4, 0.5) is 5.69 Å². The van der Waals surface area contributed by atoms with Gasteiger partial charge >= 0.3 is 0 Å². The molecule has 0 atom stereocenters. The molecular weight excluding hydrogens is 402 g/mol. The van der Waals surface area contributed by atoms with Crippen LogP contribution in [0.1, 0.15) is 40.7 Å². The van der Waals surface area contributed by atoms with Gasteiger partial charge in [-0.25, -0.2) is 0 Å². The van der Waals surface area contributed by atoms with Crippen molar-refractivity contribution < 1.29 is 9.59 Å². The van der Waals surface area contributed by atoms with Gasteiger partial charge < -0.3 is 9.80 Å². The number of hydrogen-bond acceptors (Lipinski definition) is 4. The van der Waals surface area contributed by atoms with Gasteiger partial charge in [0.25, 0.3) is 5.91 Å². The number of piperidine rings is 1. The fourth-order valence-electron chi connectivity index (χ4n) is 4.85. The molecule has 3 aromatic rings. The molecule has 1 N–H and O–H groups in total. The second kappa shape index (κ2) is 8.57. The van der Waals surface area contributed by atoms with Crippen molar-refractivity contribution in [3.05, 3.63) is 65.6 Å². The molecule has 5 rings (SSSR count). The van der Waals surface area contributed by atoms with E-state index in [2.05, 4.69) is 27.3 Å². The Kier molecular flexibility index (Phi) is 5.47. The van der Waals surface area contributed by atoms with Crippen LogP contribution in [0.3, 0.4) is 0 Å². The summed E-state index contributed by atoms with van der Waals surface area (Å²) in [7, 11) is 1.84. The van der Waals surface area contributed by atoms with Gasteiger partial charge in [-0.3, -0.25) is 19.7 Å². The zero-order chi connectivity index (χ0) is 22.1. The molecule has 7 heteroatoms. The smallest absolute Gasteiger partial charge is 0.255 e. The summed E-state index contributed by atoms with van der Waals surface area (Å²) in [6.45, 7) is 1.54. The minimum absolute atomic E-state index is 0.0676. The fourth-order valence-corrected chi connectivity index (χ4v) is 4.85. The Hall–Kier alpha value is -3.48. The molecule has 32 heavy (non-hydrogen) atoms. The molecule has 0 saturated carbocycles. The number of rotatable bonds is 4. The average Bonchev–Trinajstić information content (AvgIpc) is 3.30. The van der Waals surface area contributed by atoms with E-state index in [0.29, 0.717) is 17.9 Å². The number of H-pyrrole nitrogens is 1.